The third-order valence-corrected chi connectivity index (χ3v) is 3.47. The molecule has 1 aliphatic heterocycles. The van der Waals surface area contributed by atoms with Gasteiger partial charge in [-0.25, -0.2) is 0 Å². The van der Waals surface area contributed by atoms with E-state index in [2.05, 4.69) is 23.5 Å². The Kier molecular flexibility index (Phi) is 2.27. The fraction of sp³-hybridized carbons (Fsp3) is 0.188. The van der Waals surface area contributed by atoms with Crippen LogP contribution in [0.25, 0.3) is 11.1 Å². The predicted molar refractivity (Wildman–Crippen MR) is 72.4 cm³/mol. The predicted octanol–water partition coefficient (Wildman–Crippen LogP) is 3.33. The lowest BCUT2D eigenvalue weighted by Crippen LogP contribution is -2.32. The number of hydrogen-bond donors (Lipinski definition) is 1. The zero-order valence-electron chi connectivity index (χ0n) is 10.5. The van der Waals surface area contributed by atoms with Crippen molar-refractivity contribution in [2.75, 3.05) is 0 Å². The number of amides is 1. The summed E-state index contributed by atoms with van der Waals surface area (Å²) in [6.07, 6.45) is 0. The molecule has 0 radical (unpaired) electrons. The summed E-state index contributed by atoms with van der Waals surface area (Å²) in [5, 5.41) is 3.00. The highest BCUT2D eigenvalue weighted by Crippen LogP contribution is 2.33. The Morgan fingerprint density at radius 3 is 2.39 bits per heavy atom. The van der Waals surface area contributed by atoms with Gasteiger partial charge in [-0.15, -0.1) is 0 Å². The van der Waals surface area contributed by atoms with Crippen molar-refractivity contribution in [3.8, 4) is 11.1 Å². The van der Waals surface area contributed by atoms with E-state index in [1.54, 1.807) is 0 Å². The molecule has 2 nitrogen and oxygen atoms in total. The maximum Gasteiger partial charge on any atom is 0.252 e. The fourth-order valence-electron chi connectivity index (χ4n) is 2.49. The average molecular weight is 237 g/mol. The molecule has 0 atom stereocenters. The van der Waals surface area contributed by atoms with Crippen LogP contribution >= 0.6 is 0 Å². The summed E-state index contributed by atoms with van der Waals surface area (Å²) >= 11 is 0. The Morgan fingerprint density at radius 2 is 1.67 bits per heavy atom. The molecular formula is C16H15NO. The molecule has 2 heteroatoms. The monoisotopic (exact) mass is 237 g/mol. The van der Waals surface area contributed by atoms with Crippen molar-refractivity contribution < 1.29 is 4.79 Å². The summed E-state index contributed by atoms with van der Waals surface area (Å²) in [5.74, 6) is 0.0228. The van der Waals surface area contributed by atoms with Gasteiger partial charge in [0, 0.05) is 5.56 Å². The van der Waals surface area contributed by atoms with Gasteiger partial charge in [0.05, 0.1) is 5.54 Å². The van der Waals surface area contributed by atoms with Gasteiger partial charge in [-0.1, -0.05) is 36.4 Å². The topological polar surface area (TPSA) is 29.1 Å². The first-order valence-corrected chi connectivity index (χ1v) is 6.10. The molecule has 0 aromatic heterocycles. The van der Waals surface area contributed by atoms with E-state index in [4.69, 9.17) is 0 Å². The van der Waals surface area contributed by atoms with Crippen LogP contribution in [-0.4, -0.2) is 5.91 Å². The standard InChI is InChI=1S/C16H15NO/c1-16(2)14-10-12(11-6-4-3-5-7-11)8-9-13(14)15(18)17-16/h3-10H,1-2H3,(H,17,18). The fourth-order valence-corrected chi connectivity index (χ4v) is 2.49. The number of carbonyl (C=O) groups excluding carboxylic acids is 1. The van der Waals surface area contributed by atoms with Gasteiger partial charge < -0.3 is 5.32 Å². The van der Waals surface area contributed by atoms with Crippen molar-refractivity contribution in [2.24, 2.45) is 0 Å². The second-order valence-electron chi connectivity index (χ2n) is 5.21. The number of hydrogen-bond acceptors (Lipinski definition) is 1. The van der Waals surface area contributed by atoms with Crippen LogP contribution in [0.1, 0.15) is 29.8 Å². The summed E-state index contributed by atoms with van der Waals surface area (Å²) in [6.45, 7) is 4.07. The molecule has 0 saturated carbocycles. The lowest BCUT2D eigenvalue weighted by Gasteiger charge is -2.19. The van der Waals surface area contributed by atoms with E-state index >= 15 is 0 Å². The third kappa shape index (κ3) is 1.61. The number of benzene rings is 2. The molecule has 18 heavy (non-hydrogen) atoms. The van der Waals surface area contributed by atoms with Gasteiger partial charge in [-0.05, 0) is 42.7 Å². The maximum absolute atomic E-state index is 11.8. The number of nitrogens with one attached hydrogen (secondary N) is 1. The van der Waals surface area contributed by atoms with E-state index in [1.165, 1.54) is 5.56 Å². The number of carbonyl (C=O) groups is 1. The maximum atomic E-state index is 11.8. The molecule has 0 aliphatic carbocycles. The lowest BCUT2D eigenvalue weighted by atomic mass is 9.91. The van der Waals surface area contributed by atoms with Crippen molar-refractivity contribution in [1.82, 2.24) is 5.32 Å². The Hall–Kier alpha value is -2.09. The van der Waals surface area contributed by atoms with Crippen molar-refractivity contribution in [1.29, 1.82) is 0 Å². The van der Waals surface area contributed by atoms with Crippen LogP contribution in [0.3, 0.4) is 0 Å². The van der Waals surface area contributed by atoms with Gasteiger partial charge in [0.2, 0.25) is 0 Å². The highest BCUT2D eigenvalue weighted by Gasteiger charge is 2.34. The largest absolute Gasteiger partial charge is 0.343 e. The van der Waals surface area contributed by atoms with Crippen LogP contribution < -0.4 is 5.32 Å². The van der Waals surface area contributed by atoms with Crippen LogP contribution in [0.5, 0.6) is 0 Å². The normalized spacial score (nSPS) is 16.2. The van der Waals surface area contributed by atoms with Gasteiger partial charge >= 0.3 is 0 Å². The summed E-state index contributed by atoms with van der Waals surface area (Å²) in [5.41, 5.74) is 3.92. The van der Waals surface area contributed by atoms with E-state index in [1.807, 2.05) is 44.2 Å². The molecule has 2 aromatic rings. The second kappa shape index (κ2) is 3.70. The van der Waals surface area contributed by atoms with Crippen molar-refractivity contribution >= 4 is 5.91 Å². The van der Waals surface area contributed by atoms with Crippen molar-refractivity contribution in [3.63, 3.8) is 0 Å². The molecular weight excluding hydrogens is 222 g/mol. The van der Waals surface area contributed by atoms with Crippen molar-refractivity contribution in [2.45, 2.75) is 19.4 Å². The van der Waals surface area contributed by atoms with Crippen LogP contribution in [-0.2, 0) is 5.54 Å². The van der Waals surface area contributed by atoms with Crippen LogP contribution in [0.2, 0.25) is 0 Å². The minimum atomic E-state index is -0.281. The molecule has 0 saturated heterocycles. The second-order valence-corrected chi connectivity index (χ2v) is 5.21. The van der Waals surface area contributed by atoms with Crippen LogP contribution in [0.15, 0.2) is 48.5 Å². The average Bonchev–Trinajstić information content (AvgIpc) is 2.61. The molecule has 0 spiro atoms. The van der Waals surface area contributed by atoms with Gasteiger partial charge in [0.15, 0.2) is 0 Å². The Bertz CT molecular complexity index is 614. The molecule has 1 heterocycles. The summed E-state index contributed by atoms with van der Waals surface area (Å²) in [6, 6.07) is 16.3. The van der Waals surface area contributed by atoms with E-state index in [-0.39, 0.29) is 11.4 Å². The SMILES string of the molecule is CC1(C)NC(=O)c2ccc(-c3ccccc3)cc21. The number of rotatable bonds is 1. The minimum absolute atomic E-state index is 0.0228. The first kappa shape index (κ1) is 11.0. The van der Waals surface area contributed by atoms with E-state index in [0.717, 1.165) is 16.7 Å². The van der Waals surface area contributed by atoms with E-state index in [9.17, 15) is 4.79 Å². The highest BCUT2D eigenvalue weighted by molar-refractivity contribution is 6.00. The van der Waals surface area contributed by atoms with Gasteiger partial charge in [-0.3, -0.25) is 4.79 Å². The molecule has 90 valence electrons. The Morgan fingerprint density at radius 1 is 0.944 bits per heavy atom. The van der Waals surface area contributed by atoms with Crippen LogP contribution in [0, 0.1) is 0 Å². The molecule has 0 unspecified atom stereocenters. The zero-order valence-corrected chi connectivity index (χ0v) is 10.5. The third-order valence-electron chi connectivity index (χ3n) is 3.47. The van der Waals surface area contributed by atoms with E-state index in [0.29, 0.717) is 0 Å². The summed E-state index contributed by atoms with van der Waals surface area (Å²) in [4.78, 5) is 11.8. The lowest BCUT2D eigenvalue weighted by molar-refractivity contribution is 0.0940. The Labute approximate surface area is 107 Å². The van der Waals surface area contributed by atoms with Gasteiger partial charge in [0.1, 0.15) is 0 Å². The smallest absolute Gasteiger partial charge is 0.252 e. The zero-order chi connectivity index (χ0) is 12.8. The van der Waals surface area contributed by atoms with Crippen LogP contribution in [0.4, 0.5) is 0 Å². The molecule has 3 rings (SSSR count). The van der Waals surface area contributed by atoms with E-state index < -0.39 is 0 Å². The van der Waals surface area contributed by atoms with Gasteiger partial charge in [-0.2, -0.15) is 0 Å². The summed E-state index contributed by atoms with van der Waals surface area (Å²) in [7, 11) is 0. The molecule has 1 N–H and O–H groups in total. The Balaban J connectivity index is 2.15. The molecule has 0 fully saturated rings. The summed E-state index contributed by atoms with van der Waals surface area (Å²) < 4.78 is 0. The molecule has 1 amide bonds. The molecule has 2 aromatic carbocycles. The van der Waals surface area contributed by atoms with Crippen molar-refractivity contribution in [3.05, 3.63) is 59.7 Å². The highest BCUT2D eigenvalue weighted by atomic mass is 16.2. The molecule has 0 bridgehead atoms. The first-order valence-electron chi connectivity index (χ1n) is 6.10. The quantitative estimate of drug-likeness (QED) is 0.809. The first-order chi connectivity index (χ1) is 8.58. The number of fused-ring (bicyclic) bond motifs is 1. The molecule has 1 aliphatic rings. The van der Waals surface area contributed by atoms with Gasteiger partial charge in [0.25, 0.3) is 5.91 Å². The minimum Gasteiger partial charge on any atom is -0.343 e.